The molecule has 0 aliphatic carbocycles. The molecule has 0 heterocycles. The molecule has 1 amide bonds. The minimum atomic E-state index is -0.539. The van der Waals surface area contributed by atoms with Crippen LogP contribution in [0.2, 0.25) is 0 Å². The Bertz CT molecular complexity index is 447. The molecule has 0 aliphatic heterocycles. The Morgan fingerprint density at radius 1 is 1.35 bits per heavy atom. The molecule has 0 radical (unpaired) electrons. The Morgan fingerprint density at radius 3 is 2.65 bits per heavy atom. The van der Waals surface area contributed by atoms with Gasteiger partial charge in [-0.25, -0.2) is 0 Å². The first-order valence-corrected chi connectivity index (χ1v) is 6.74. The predicted molar refractivity (Wildman–Crippen MR) is 80.0 cm³/mol. The van der Waals surface area contributed by atoms with Gasteiger partial charge in [0.05, 0.1) is 18.3 Å². The van der Waals surface area contributed by atoms with Crippen LogP contribution in [0.25, 0.3) is 0 Å². The van der Waals surface area contributed by atoms with Crippen molar-refractivity contribution in [1.29, 1.82) is 0 Å². The van der Waals surface area contributed by atoms with Crippen molar-refractivity contribution < 1.29 is 14.3 Å². The maximum atomic E-state index is 12.0. The van der Waals surface area contributed by atoms with E-state index in [2.05, 4.69) is 5.32 Å². The number of methoxy groups -OCH3 is 1. The van der Waals surface area contributed by atoms with Crippen molar-refractivity contribution in [2.24, 2.45) is 11.7 Å². The maximum absolute atomic E-state index is 12.0. The molecule has 5 heteroatoms. The summed E-state index contributed by atoms with van der Waals surface area (Å²) in [6, 6.07) is 5.08. The van der Waals surface area contributed by atoms with E-state index in [1.807, 2.05) is 39.0 Å². The smallest absolute Gasteiger partial charge is 0.241 e. The number of rotatable bonds is 7. The lowest BCUT2D eigenvalue weighted by atomic mass is 10.0. The van der Waals surface area contributed by atoms with Gasteiger partial charge in [0.25, 0.3) is 0 Å². The van der Waals surface area contributed by atoms with Gasteiger partial charge in [-0.2, -0.15) is 0 Å². The zero-order chi connectivity index (χ0) is 15.1. The largest absolute Gasteiger partial charge is 0.489 e. The highest BCUT2D eigenvalue weighted by Gasteiger charge is 2.18. The van der Waals surface area contributed by atoms with Crippen molar-refractivity contribution >= 4 is 11.6 Å². The van der Waals surface area contributed by atoms with E-state index in [9.17, 15) is 4.79 Å². The number of nitrogens with two attached hydrogens (primary N) is 1. The van der Waals surface area contributed by atoms with Crippen LogP contribution < -0.4 is 15.8 Å². The Hall–Kier alpha value is -1.59. The van der Waals surface area contributed by atoms with E-state index in [4.69, 9.17) is 15.2 Å². The van der Waals surface area contributed by atoms with Crippen LogP contribution in [0.5, 0.6) is 5.75 Å². The van der Waals surface area contributed by atoms with E-state index in [1.54, 1.807) is 7.11 Å². The van der Waals surface area contributed by atoms with Crippen LogP contribution in [0.1, 0.15) is 19.4 Å². The van der Waals surface area contributed by atoms with E-state index in [-0.39, 0.29) is 11.8 Å². The highest BCUT2D eigenvalue weighted by molar-refractivity contribution is 5.96. The van der Waals surface area contributed by atoms with E-state index < -0.39 is 6.04 Å². The zero-order valence-electron chi connectivity index (χ0n) is 12.6. The molecule has 0 aromatic heterocycles. The van der Waals surface area contributed by atoms with Gasteiger partial charge in [0.1, 0.15) is 12.4 Å². The lowest BCUT2D eigenvalue weighted by Crippen LogP contribution is -2.39. The van der Waals surface area contributed by atoms with Crippen molar-refractivity contribution in [1.82, 2.24) is 0 Å². The Balaban J connectivity index is 2.80. The van der Waals surface area contributed by atoms with Crippen molar-refractivity contribution in [2.75, 3.05) is 25.6 Å². The Morgan fingerprint density at radius 2 is 2.05 bits per heavy atom. The predicted octanol–water partition coefficient (Wildman–Crippen LogP) is 1.94. The number of amides is 1. The average molecular weight is 280 g/mol. The first kappa shape index (κ1) is 16.5. The summed E-state index contributed by atoms with van der Waals surface area (Å²) in [4.78, 5) is 12.0. The molecule has 0 saturated carbocycles. The molecular formula is C15H24N2O3. The number of benzene rings is 1. The quantitative estimate of drug-likeness (QED) is 0.749. The van der Waals surface area contributed by atoms with Gasteiger partial charge in [-0.1, -0.05) is 19.9 Å². The fourth-order valence-corrected chi connectivity index (χ4v) is 1.61. The minimum Gasteiger partial charge on any atom is -0.489 e. The number of carbonyl (C=O) groups is 1. The van der Waals surface area contributed by atoms with Crippen LogP contribution >= 0.6 is 0 Å². The fraction of sp³-hybridized carbons (Fsp3) is 0.533. The molecule has 0 aliphatic rings. The Kier molecular flexibility index (Phi) is 6.48. The van der Waals surface area contributed by atoms with E-state index in [0.29, 0.717) is 24.7 Å². The molecule has 0 saturated heterocycles. The van der Waals surface area contributed by atoms with Gasteiger partial charge in [0.2, 0.25) is 5.91 Å². The van der Waals surface area contributed by atoms with E-state index >= 15 is 0 Å². The van der Waals surface area contributed by atoms with Crippen molar-refractivity contribution in [3.8, 4) is 5.75 Å². The van der Waals surface area contributed by atoms with Crippen molar-refractivity contribution in [2.45, 2.75) is 26.8 Å². The summed E-state index contributed by atoms with van der Waals surface area (Å²) in [7, 11) is 1.62. The van der Waals surface area contributed by atoms with Gasteiger partial charge in [-0.05, 0) is 30.5 Å². The van der Waals surface area contributed by atoms with Crippen LogP contribution in [-0.4, -0.2) is 32.3 Å². The molecule has 1 atom stereocenters. The van der Waals surface area contributed by atoms with E-state index in [1.165, 1.54) is 0 Å². The second-order valence-corrected chi connectivity index (χ2v) is 5.10. The van der Waals surface area contributed by atoms with Gasteiger partial charge in [-0.15, -0.1) is 0 Å². The number of anilines is 1. The summed E-state index contributed by atoms with van der Waals surface area (Å²) in [5.74, 6) is 0.505. The SMILES string of the molecule is COCCOc1cc(C)ccc1NC(=O)[C@@H](N)C(C)C. The molecule has 0 spiro atoms. The first-order chi connectivity index (χ1) is 9.45. The van der Waals surface area contributed by atoms with Crippen LogP contribution in [0, 0.1) is 12.8 Å². The second kappa shape index (κ2) is 7.87. The second-order valence-electron chi connectivity index (χ2n) is 5.10. The number of nitrogens with one attached hydrogen (secondary N) is 1. The maximum Gasteiger partial charge on any atom is 0.241 e. The molecule has 1 aromatic carbocycles. The molecule has 5 nitrogen and oxygen atoms in total. The van der Waals surface area contributed by atoms with Crippen molar-refractivity contribution in [3.63, 3.8) is 0 Å². The fourth-order valence-electron chi connectivity index (χ4n) is 1.61. The molecule has 3 N–H and O–H groups in total. The normalized spacial score (nSPS) is 12.3. The molecule has 0 bridgehead atoms. The highest BCUT2D eigenvalue weighted by atomic mass is 16.5. The number of aryl methyl sites for hydroxylation is 1. The number of hydrogen-bond donors (Lipinski definition) is 2. The summed E-state index contributed by atoms with van der Waals surface area (Å²) in [6.07, 6.45) is 0. The van der Waals surface area contributed by atoms with Gasteiger partial charge >= 0.3 is 0 Å². The zero-order valence-corrected chi connectivity index (χ0v) is 12.6. The molecule has 0 fully saturated rings. The molecule has 1 rings (SSSR count). The lowest BCUT2D eigenvalue weighted by molar-refractivity contribution is -0.118. The summed E-state index contributed by atoms with van der Waals surface area (Å²) in [5, 5.41) is 2.82. The lowest BCUT2D eigenvalue weighted by Gasteiger charge is -2.18. The van der Waals surface area contributed by atoms with Crippen molar-refractivity contribution in [3.05, 3.63) is 23.8 Å². The standard InChI is InChI=1S/C15H24N2O3/c1-10(2)14(16)15(18)17-12-6-5-11(3)9-13(12)20-8-7-19-4/h5-6,9-10,14H,7-8,16H2,1-4H3,(H,17,18)/t14-/m0/s1. The molecule has 20 heavy (non-hydrogen) atoms. The molecule has 1 aromatic rings. The van der Waals surface area contributed by atoms with Gasteiger partial charge < -0.3 is 20.5 Å². The van der Waals surface area contributed by atoms with Crippen LogP contribution in [0.3, 0.4) is 0 Å². The first-order valence-electron chi connectivity index (χ1n) is 6.74. The van der Waals surface area contributed by atoms with Gasteiger partial charge in [-0.3, -0.25) is 4.79 Å². The molecule has 0 unspecified atom stereocenters. The summed E-state index contributed by atoms with van der Waals surface area (Å²) >= 11 is 0. The third-order valence-corrected chi connectivity index (χ3v) is 2.96. The molecule has 112 valence electrons. The minimum absolute atomic E-state index is 0.0818. The van der Waals surface area contributed by atoms with Crippen LogP contribution in [0.15, 0.2) is 18.2 Å². The van der Waals surface area contributed by atoms with E-state index in [0.717, 1.165) is 5.56 Å². The third-order valence-electron chi connectivity index (χ3n) is 2.96. The topological polar surface area (TPSA) is 73.6 Å². The van der Waals surface area contributed by atoms with Gasteiger partial charge in [0, 0.05) is 7.11 Å². The van der Waals surface area contributed by atoms with Crippen LogP contribution in [0.4, 0.5) is 5.69 Å². The monoisotopic (exact) mass is 280 g/mol. The average Bonchev–Trinajstić information content (AvgIpc) is 2.40. The summed E-state index contributed by atoms with van der Waals surface area (Å²) in [6.45, 7) is 6.71. The number of hydrogen-bond acceptors (Lipinski definition) is 4. The highest BCUT2D eigenvalue weighted by Crippen LogP contribution is 2.26. The number of carbonyl (C=O) groups excluding carboxylic acids is 1. The molecular weight excluding hydrogens is 256 g/mol. The number of ether oxygens (including phenoxy) is 2. The third kappa shape index (κ3) is 4.83. The Labute approximate surface area is 120 Å². The summed E-state index contributed by atoms with van der Waals surface area (Å²) < 4.78 is 10.6. The van der Waals surface area contributed by atoms with Gasteiger partial charge in [0.15, 0.2) is 0 Å². The van der Waals surface area contributed by atoms with Crippen LogP contribution in [-0.2, 0) is 9.53 Å². The summed E-state index contributed by atoms with van der Waals surface area (Å²) in [5.41, 5.74) is 7.53.